The molecule has 6 heteroatoms. The predicted octanol–water partition coefficient (Wildman–Crippen LogP) is 4.41. The monoisotopic (exact) mass is 369 g/mol. The minimum Gasteiger partial charge on any atom is -0.336 e. The third kappa shape index (κ3) is 4.90. The van der Waals surface area contributed by atoms with Crippen LogP contribution in [-0.2, 0) is 12.3 Å². The molecule has 4 nitrogen and oxygen atoms in total. The van der Waals surface area contributed by atoms with E-state index in [4.69, 9.17) is 0 Å². The molecule has 0 atom stereocenters. The number of aromatic nitrogens is 2. The minimum absolute atomic E-state index is 0.00887. The number of amides is 1. The summed E-state index contributed by atoms with van der Waals surface area (Å²) in [4.78, 5) is 22.9. The number of pyridine rings is 1. The molecule has 0 radical (unpaired) electrons. The van der Waals surface area contributed by atoms with E-state index < -0.39 is 0 Å². The van der Waals surface area contributed by atoms with Crippen molar-refractivity contribution >= 4 is 29.0 Å². The molecule has 1 amide bonds. The molecule has 0 aliphatic heterocycles. The Morgan fingerprint density at radius 3 is 2.64 bits per heavy atom. The van der Waals surface area contributed by atoms with Crippen LogP contribution in [0.1, 0.15) is 26.6 Å². The first-order chi connectivity index (χ1) is 12.1. The van der Waals surface area contributed by atoms with Crippen LogP contribution >= 0.6 is 23.1 Å². The van der Waals surface area contributed by atoms with Crippen molar-refractivity contribution in [1.82, 2.24) is 14.9 Å². The van der Waals surface area contributed by atoms with Crippen molar-refractivity contribution in [3.8, 4) is 0 Å². The number of hydrogen-bond acceptors (Lipinski definition) is 5. The lowest BCUT2D eigenvalue weighted by Crippen LogP contribution is -2.26. The zero-order valence-corrected chi connectivity index (χ0v) is 15.8. The highest BCUT2D eigenvalue weighted by Gasteiger charge is 2.13. The summed E-state index contributed by atoms with van der Waals surface area (Å²) in [7, 11) is 1.81. The maximum Gasteiger partial charge on any atom is 0.253 e. The van der Waals surface area contributed by atoms with Gasteiger partial charge in [-0.2, -0.15) is 0 Å². The van der Waals surface area contributed by atoms with Crippen LogP contribution in [0.3, 0.4) is 0 Å². The molecular weight excluding hydrogens is 350 g/mol. The van der Waals surface area contributed by atoms with Crippen molar-refractivity contribution in [2.24, 2.45) is 0 Å². The quantitative estimate of drug-likeness (QED) is 0.604. The van der Waals surface area contributed by atoms with Gasteiger partial charge < -0.3 is 4.90 Å². The average molecular weight is 370 g/mol. The summed E-state index contributed by atoms with van der Waals surface area (Å²) in [6.07, 6.45) is 1.80. The molecule has 3 rings (SSSR count). The van der Waals surface area contributed by atoms with Crippen molar-refractivity contribution in [2.75, 3.05) is 7.05 Å². The molecule has 25 heavy (non-hydrogen) atoms. The lowest BCUT2D eigenvalue weighted by atomic mass is 10.1. The van der Waals surface area contributed by atoms with Crippen LogP contribution in [0.4, 0.5) is 0 Å². The summed E-state index contributed by atoms with van der Waals surface area (Å²) in [5.41, 5.74) is 2.80. The number of carbonyl (C=O) groups is 1. The van der Waals surface area contributed by atoms with Gasteiger partial charge in [-0.05, 0) is 36.8 Å². The zero-order chi connectivity index (χ0) is 17.6. The number of aryl methyl sites for hydroxylation is 1. The van der Waals surface area contributed by atoms with Gasteiger partial charge in [0, 0.05) is 29.9 Å². The Morgan fingerprint density at radius 2 is 2.00 bits per heavy atom. The topological polar surface area (TPSA) is 46.1 Å². The summed E-state index contributed by atoms with van der Waals surface area (Å²) < 4.78 is 0. The second-order valence-electron chi connectivity index (χ2n) is 5.67. The molecule has 0 N–H and O–H groups in total. The van der Waals surface area contributed by atoms with Gasteiger partial charge in [0.15, 0.2) is 0 Å². The highest BCUT2D eigenvalue weighted by atomic mass is 32.2. The van der Waals surface area contributed by atoms with Gasteiger partial charge in [-0.25, -0.2) is 9.97 Å². The smallest absolute Gasteiger partial charge is 0.253 e. The van der Waals surface area contributed by atoms with E-state index in [2.05, 4.69) is 9.97 Å². The molecule has 0 spiro atoms. The Bertz CT molecular complexity index is 831. The van der Waals surface area contributed by atoms with E-state index in [-0.39, 0.29) is 5.91 Å². The lowest BCUT2D eigenvalue weighted by Gasteiger charge is -2.16. The molecule has 0 saturated carbocycles. The van der Waals surface area contributed by atoms with Crippen LogP contribution in [0.25, 0.3) is 0 Å². The third-order valence-corrected chi connectivity index (χ3v) is 5.48. The van der Waals surface area contributed by atoms with Crippen LogP contribution in [-0.4, -0.2) is 27.8 Å². The minimum atomic E-state index is 0.00887. The van der Waals surface area contributed by atoms with Gasteiger partial charge in [-0.15, -0.1) is 23.1 Å². The number of rotatable bonds is 6. The number of nitrogens with zero attached hydrogens (tertiary/aromatic N) is 3. The second kappa shape index (κ2) is 8.27. The van der Waals surface area contributed by atoms with E-state index in [0.717, 1.165) is 21.5 Å². The SMILES string of the molecule is Cc1nc(CN(C)C(=O)c2ccc(CSc3ccccn3)cc2)cs1. The number of thiazole rings is 1. The van der Waals surface area contributed by atoms with Gasteiger partial charge >= 0.3 is 0 Å². The van der Waals surface area contributed by atoms with E-state index in [9.17, 15) is 4.79 Å². The molecule has 0 bridgehead atoms. The average Bonchev–Trinajstić information content (AvgIpc) is 3.05. The zero-order valence-electron chi connectivity index (χ0n) is 14.2. The van der Waals surface area contributed by atoms with E-state index in [1.807, 2.05) is 61.8 Å². The first kappa shape index (κ1) is 17.6. The van der Waals surface area contributed by atoms with E-state index in [0.29, 0.717) is 12.1 Å². The standard InChI is InChI=1S/C19H19N3OS2/c1-14-21-17(13-24-14)11-22(2)19(23)16-8-6-15(7-9-16)12-25-18-5-3-4-10-20-18/h3-10,13H,11-12H2,1-2H3. The van der Waals surface area contributed by atoms with E-state index in [1.54, 1.807) is 34.2 Å². The third-order valence-electron chi connectivity index (χ3n) is 3.64. The van der Waals surface area contributed by atoms with Gasteiger partial charge in [0.25, 0.3) is 5.91 Å². The molecule has 128 valence electrons. The van der Waals surface area contributed by atoms with E-state index >= 15 is 0 Å². The summed E-state index contributed by atoms with van der Waals surface area (Å²) in [6.45, 7) is 2.50. The first-order valence-electron chi connectivity index (χ1n) is 7.91. The largest absolute Gasteiger partial charge is 0.336 e. The summed E-state index contributed by atoms with van der Waals surface area (Å²) in [5, 5.41) is 4.02. The molecule has 0 fully saturated rings. The summed E-state index contributed by atoms with van der Waals surface area (Å²) in [6, 6.07) is 13.7. The maximum absolute atomic E-state index is 12.5. The van der Waals surface area contributed by atoms with Crippen molar-refractivity contribution in [1.29, 1.82) is 0 Å². The Balaban J connectivity index is 1.58. The first-order valence-corrected chi connectivity index (χ1v) is 9.77. The Hall–Kier alpha value is -2.18. The van der Waals surface area contributed by atoms with Crippen molar-refractivity contribution in [3.63, 3.8) is 0 Å². The summed E-state index contributed by atoms with van der Waals surface area (Å²) in [5.74, 6) is 0.842. The highest BCUT2D eigenvalue weighted by Crippen LogP contribution is 2.21. The Labute approximate surface area is 155 Å². The van der Waals surface area contributed by atoms with Crippen LogP contribution in [0.2, 0.25) is 0 Å². The molecular formula is C19H19N3OS2. The van der Waals surface area contributed by atoms with Crippen molar-refractivity contribution in [3.05, 3.63) is 75.9 Å². The predicted molar refractivity (Wildman–Crippen MR) is 103 cm³/mol. The molecule has 0 unspecified atom stereocenters. The van der Waals surface area contributed by atoms with Crippen LogP contribution in [0.5, 0.6) is 0 Å². The van der Waals surface area contributed by atoms with Gasteiger partial charge in [0.2, 0.25) is 0 Å². The molecule has 0 saturated heterocycles. The highest BCUT2D eigenvalue weighted by molar-refractivity contribution is 7.98. The molecule has 2 aromatic heterocycles. The molecule has 2 heterocycles. The molecule has 0 aliphatic rings. The maximum atomic E-state index is 12.5. The van der Waals surface area contributed by atoms with E-state index in [1.165, 1.54) is 5.56 Å². The fraction of sp³-hybridized carbons (Fsp3) is 0.211. The van der Waals surface area contributed by atoms with Gasteiger partial charge in [0.05, 0.1) is 22.3 Å². The molecule has 0 aliphatic carbocycles. The van der Waals surface area contributed by atoms with Crippen LogP contribution in [0.15, 0.2) is 59.1 Å². The normalized spacial score (nSPS) is 10.6. The molecule has 3 aromatic rings. The van der Waals surface area contributed by atoms with Crippen molar-refractivity contribution < 1.29 is 4.79 Å². The Kier molecular flexibility index (Phi) is 5.83. The number of thioether (sulfide) groups is 1. The number of carbonyl (C=O) groups excluding carboxylic acids is 1. The van der Waals surface area contributed by atoms with Crippen molar-refractivity contribution in [2.45, 2.75) is 24.2 Å². The van der Waals surface area contributed by atoms with Crippen LogP contribution in [0, 0.1) is 6.92 Å². The number of hydrogen-bond donors (Lipinski definition) is 0. The van der Waals surface area contributed by atoms with Gasteiger partial charge in [-0.1, -0.05) is 18.2 Å². The molecule has 1 aromatic carbocycles. The van der Waals surface area contributed by atoms with Gasteiger partial charge in [-0.3, -0.25) is 4.79 Å². The van der Waals surface area contributed by atoms with Crippen LogP contribution < -0.4 is 0 Å². The Morgan fingerprint density at radius 1 is 1.20 bits per heavy atom. The lowest BCUT2D eigenvalue weighted by molar-refractivity contribution is 0.0783. The fourth-order valence-corrected chi connectivity index (χ4v) is 3.77. The summed E-state index contributed by atoms with van der Waals surface area (Å²) >= 11 is 3.29. The van der Waals surface area contributed by atoms with Gasteiger partial charge in [0.1, 0.15) is 0 Å². The second-order valence-corrected chi connectivity index (χ2v) is 7.73. The number of benzene rings is 1. The fourth-order valence-electron chi connectivity index (χ4n) is 2.35.